The summed E-state index contributed by atoms with van der Waals surface area (Å²) in [6.45, 7) is 4.94. The summed E-state index contributed by atoms with van der Waals surface area (Å²) in [6.07, 6.45) is 1.84. The van der Waals surface area contributed by atoms with E-state index in [2.05, 4.69) is 5.32 Å². The number of nitrogens with zero attached hydrogens (tertiary/aromatic N) is 1. The topological polar surface area (TPSA) is 58.6 Å². The number of carbonyl (C=O) groups is 2. The van der Waals surface area contributed by atoms with Crippen LogP contribution in [0.5, 0.6) is 0 Å². The van der Waals surface area contributed by atoms with Gasteiger partial charge in [0, 0.05) is 20.1 Å². The zero-order valence-electron chi connectivity index (χ0n) is 10.9. The van der Waals surface area contributed by atoms with Gasteiger partial charge in [0.2, 0.25) is 11.8 Å². The van der Waals surface area contributed by atoms with E-state index in [1.807, 2.05) is 13.8 Å². The average molecular weight is 242 g/mol. The smallest absolute Gasteiger partial charge is 0.245 e. The first-order chi connectivity index (χ1) is 8.13. The minimum atomic E-state index is -0.379. The molecule has 1 aliphatic rings. The van der Waals surface area contributed by atoms with Gasteiger partial charge in [0.1, 0.15) is 6.04 Å². The molecule has 1 fully saturated rings. The Kier molecular flexibility index (Phi) is 5.41. The minimum Gasteiger partial charge on any atom is -0.383 e. The Labute approximate surface area is 102 Å². The highest BCUT2D eigenvalue weighted by Gasteiger charge is 2.32. The average Bonchev–Trinajstić information content (AvgIpc) is 2.47. The van der Waals surface area contributed by atoms with Crippen LogP contribution in [0, 0.1) is 0 Å². The molecule has 2 amide bonds. The maximum absolute atomic E-state index is 12.3. The van der Waals surface area contributed by atoms with Gasteiger partial charge in [-0.3, -0.25) is 9.59 Å². The summed E-state index contributed by atoms with van der Waals surface area (Å²) >= 11 is 0. The van der Waals surface area contributed by atoms with Crippen molar-refractivity contribution >= 4 is 11.8 Å². The molecule has 0 aromatic rings. The van der Waals surface area contributed by atoms with Crippen LogP contribution < -0.4 is 5.32 Å². The van der Waals surface area contributed by atoms with E-state index < -0.39 is 0 Å². The first-order valence-corrected chi connectivity index (χ1v) is 6.22. The summed E-state index contributed by atoms with van der Waals surface area (Å²) in [7, 11) is 1.63. The highest BCUT2D eigenvalue weighted by molar-refractivity contribution is 5.90. The first-order valence-electron chi connectivity index (χ1n) is 6.22. The number of nitrogens with one attached hydrogen (secondary N) is 1. The molecule has 5 heteroatoms. The van der Waals surface area contributed by atoms with E-state index in [1.54, 1.807) is 12.0 Å². The number of carbonyl (C=O) groups excluding carboxylic acids is 2. The van der Waals surface area contributed by atoms with E-state index in [-0.39, 0.29) is 23.9 Å². The first kappa shape index (κ1) is 14.0. The number of amides is 2. The fraction of sp³-hybridized carbons (Fsp3) is 0.833. The molecule has 1 aliphatic heterocycles. The lowest BCUT2D eigenvalue weighted by molar-refractivity contribution is -0.136. The van der Waals surface area contributed by atoms with Gasteiger partial charge in [0.15, 0.2) is 0 Å². The molecule has 0 aromatic carbocycles. The summed E-state index contributed by atoms with van der Waals surface area (Å²) in [5.74, 6) is -0.0257. The molecule has 17 heavy (non-hydrogen) atoms. The Morgan fingerprint density at radius 2 is 2.18 bits per heavy atom. The van der Waals surface area contributed by atoms with Gasteiger partial charge in [-0.1, -0.05) is 13.8 Å². The number of hydrogen-bond donors (Lipinski definition) is 1. The predicted octanol–water partition coefficient (Wildman–Crippen LogP) is 0.538. The van der Waals surface area contributed by atoms with Crippen molar-refractivity contribution in [3.05, 3.63) is 0 Å². The van der Waals surface area contributed by atoms with Crippen molar-refractivity contribution in [3.63, 3.8) is 0 Å². The van der Waals surface area contributed by atoms with Gasteiger partial charge in [-0.15, -0.1) is 0 Å². The van der Waals surface area contributed by atoms with E-state index in [1.165, 1.54) is 0 Å². The van der Waals surface area contributed by atoms with Gasteiger partial charge in [-0.25, -0.2) is 0 Å². The number of hydrogen-bond acceptors (Lipinski definition) is 3. The van der Waals surface area contributed by atoms with Gasteiger partial charge in [0.25, 0.3) is 0 Å². The van der Waals surface area contributed by atoms with Crippen LogP contribution in [0.3, 0.4) is 0 Å². The lowest BCUT2D eigenvalue weighted by atomic mass is 10.1. The van der Waals surface area contributed by atoms with E-state index in [0.29, 0.717) is 26.0 Å². The summed E-state index contributed by atoms with van der Waals surface area (Å²) in [6, 6.07) is -0.315. The number of rotatable bonds is 5. The molecular weight excluding hydrogens is 220 g/mol. The van der Waals surface area contributed by atoms with Crippen LogP contribution in [0.2, 0.25) is 0 Å². The number of ether oxygens (including phenoxy) is 1. The van der Waals surface area contributed by atoms with Crippen LogP contribution >= 0.6 is 0 Å². The summed E-state index contributed by atoms with van der Waals surface area (Å²) in [5, 5.41) is 2.76. The van der Waals surface area contributed by atoms with Gasteiger partial charge in [-0.05, 0) is 12.8 Å². The molecule has 2 unspecified atom stereocenters. The molecule has 0 aliphatic carbocycles. The third kappa shape index (κ3) is 3.43. The van der Waals surface area contributed by atoms with Crippen molar-refractivity contribution < 1.29 is 14.3 Å². The molecule has 98 valence electrons. The van der Waals surface area contributed by atoms with Crippen molar-refractivity contribution in [3.8, 4) is 0 Å². The molecule has 0 spiro atoms. The molecule has 0 bridgehead atoms. The zero-order valence-corrected chi connectivity index (χ0v) is 10.9. The quantitative estimate of drug-likeness (QED) is 0.765. The van der Waals surface area contributed by atoms with Crippen LogP contribution in [-0.4, -0.2) is 49.1 Å². The van der Waals surface area contributed by atoms with Crippen LogP contribution in [0.25, 0.3) is 0 Å². The maximum Gasteiger partial charge on any atom is 0.245 e. The Bertz CT molecular complexity index is 281. The third-order valence-corrected chi connectivity index (χ3v) is 3.18. The monoisotopic (exact) mass is 242 g/mol. The van der Waals surface area contributed by atoms with Gasteiger partial charge >= 0.3 is 0 Å². The maximum atomic E-state index is 12.3. The van der Waals surface area contributed by atoms with Gasteiger partial charge in [-0.2, -0.15) is 0 Å². The zero-order chi connectivity index (χ0) is 12.8. The molecular formula is C12H22N2O3. The molecule has 5 nitrogen and oxygen atoms in total. The molecule has 1 N–H and O–H groups in total. The normalized spacial score (nSPS) is 23.2. The van der Waals surface area contributed by atoms with Crippen LogP contribution in [0.15, 0.2) is 0 Å². The van der Waals surface area contributed by atoms with Crippen molar-refractivity contribution in [1.29, 1.82) is 0 Å². The van der Waals surface area contributed by atoms with E-state index in [0.717, 1.165) is 6.42 Å². The second-order valence-corrected chi connectivity index (χ2v) is 4.33. The van der Waals surface area contributed by atoms with Gasteiger partial charge in [0.05, 0.1) is 12.6 Å². The van der Waals surface area contributed by atoms with E-state index in [9.17, 15) is 9.59 Å². The van der Waals surface area contributed by atoms with Gasteiger partial charge < -0.3 is 15.0 Å². The second-order valence-electron chi connectivity index (χ2n) is 4.33. The Hall–Kier alpha value is -1.10. The third-order valence-electron chi connectivity index (χ3n) is 3.18. The largest absolute Gasteiger partial charge is 0.383 e. The molecule has 0 aromatic heterocycles. The number of methoxy groups -OCH3 is 1. The standard InChI is InChI=1S/C12H22N2O3/c1-4-9(8-17-3)14-7-6-11(15)13-10(5-2)12(14)16/h9-10H,4-8H2,1-3H3,(H,13,15). The minimum absolute atomic E-state index is 0.0160. The van der Waals surface area contributed by atoms with Crippen molar-refractivity contribution in [2.24, 2.45) is 0 Å². The second kappa shape index (κ2) is 6.59. The van der Waals surface area contributed by atoms with E-state index >= 15 is 0 Å². The van der Waals surface area contributed by atoms with Crippen molar-refractivity contribution in [1.82, 2.24) is 10.2 Å². The Morgan fingerprint density at radius 1 is 1.47 bits per heavy atom. The molecule has 0 radical (unpaired) electrons. The molecule has 1 rings (SSSR count). The summed E-state index contributed by atoms with van der Waals surface area (Å²) in [4.78, 5) is 25.5. The Balaban J connectivity index is 2.81. The van der Waals surface area contributed by atoms with Crippen LogP contribution in [-0.2, 0) is 14.3 Å². The molecule has 0 saturated carbocycles. The molecule has 2 atom stereocenters. The van der Waals surface area contributed by atoms with E-state index in [4.69, 9.17) is 4.74 Å². The predicted molar refractivity (Wildman–Crippen MR) is 64.5 cm³/mol. The lowest BCUT2D eigenvalue weighted by Crippen LogP contribution is -2.49. The van der Waals surface area contributed by atoms with Crippen LogP contribution in [0.4, 0.5) is 0 Å². The van der Waals surface area contributed by atoms with Crippen molar-refractivity contribution in [2.45, 2.75) is 45.2 Å². The fourth-order valence-corrected chi connectivity index (χ4v) is 2.12. The SMILES string of the molecule is CCC1NC(=O)CCN(C(CC)COC)C1=O. The lowest BCUT2D eigenvalue weighted by Gasteiger charge is -2.31. The molecule has 1 saturated heterocycles. The van der Waals surface area contributed by atoms with Crippen LogP contribution in [0.1, 0.15) is 33.1 Å². The Morgan fingerprint density at radius 3 is 2.71 bits per heavy atom. The summed E-state index contributed by atoms with van der Waals surface area (Å²) in [5.41, 5.74) is 0. The highest BCUT2D eigenvalue weighted by atomic mass is 16.5. The fourth-order valence-electron chi connectivity index (χ4n) is 2.12. The summed E-state index contributed by atoms with van der Waals surface area (Å²) < 4.78 is 5.13. The van der Waals surface area contributed by atoms with Crippen molar-refractivity contribution in [2.75, 3.05) is 20.3 Å². The highest BCUT2D eigenvalue weighted by Crippen LogP contribution is 2.13. The molecule has 1 heterocycles.